The predicted octanol–water partition coefficient (Wildman–Crippen LogP) is 2.30. The van der Waals surface area contributed by atoms with Crippen LogP contribution in [0.4, 0.5) is 0 Å². The van der Waals surface area contributed by atoms with Crippen LogP contribution in [-0.4, -0.2) is 42.1 Å². The highest BCUT2D eigenvalue weighted by atomic mass is 16.1. The normalized spacial score (nSPS) is 39.1. The Balaban J connectivity index is 1.82. The highest BCUT2D eigenvalue weighted by Crippen LogP contribution is 2.46. The zero-order valence-electron chi connectivity index (χ0n) is 13.1. The Kier molecular flexibility index (Phi) is 4.12. The third-order valence-corrected chi connectivity index (χ3v) is 5.84. The number of nitrogens with zero attached hydrogens (tertiary/aromatic N) is 3. The number of aliphatic imine (C=N–C) groups is 1. The summed E-state index contributed by atoms with van der Waals surface area (Å²) in [6.45, 7) is 6.62. The van der Waals surface area contributed by atoms with E-state index in [2.05, 4.69) is 17.9 Å². The maximum absolute atomic E-state index is 11.6. The summed E-state index contributed by atoms with van der Waals surface area (Å²) in [5.41, 5.74) is 1.31. The van der Waals surface area contributed by atoms with E-state index in [1.54, 1.807) is 6.92 Å². The molecular formula is C17H25N3O. The fourth-order valence-corrected chi connectivity index (χ4v) is 4.90. The quantitative estimate of drug-likeness (QED) is 0.748. The van der Waals surface area contributed by atoms with Crippen molar-refractivity contribution >= 4 is 11.5 Å². The molecule has 1 saturated heterocycles. The number of hydrogen-bond donors (Lipinski definition) is 0. The number of Topliss-reactive ketones (excluding diaryl/α,β-unsaturated/α-hetero) is 1. The number of rotatable bonds is 3. The van der Waals surface area contributed by atoms with Gasteiger partial charge in [0.25, 0.3) is 0 Å². The fourth-order valence-electron chi connectivity index (χ4n) is 4.90. The van der Waals surface area contributed by atoms with Gasteiger partial charge in [-0.25, -0.2) is 0 Å². The predicted molar refractivity (Wildman–Crippen MR) is 82.1 cm³/mol. The maximum Gasteiger partial charge on any atom is 0.154 e. The zero-order chi connectivity index (χ0) is 15.0. The molecule has 2 aliphatic heterocycles. The molecule has 0 radical (unpaired) electrons. The van der Waals surface area contributed by atoms with Crippen molar-refractivity contribution in [1.29, 1.82) is 5.26 Å². The maximum atomic E-state index is 11.6. The molecule has 0 N–H and O–H groups in total. The van der Waals surface area contributed by atoms with Crippen molar-refractivity contribution in [3.8, 4) is 6.07 Å². The van der Waals surface area contributed by atoms with Crippen LogP contribution in [0.15, 0.2) is 4.99 Å². The van der Waals surface area contributed by atoms with Crippen LogP contribution in [0.3, 0.4) is 0 Å². The van der Waals surface area contributed by atoms with Gasteiger partial charge in [0.2, 0.25) is 0 Å². The minimum atomic E-state index is -0.0816. The van der Waals surface area contributed by atoms with Crippen LogP contribution < -0.4 is 0 Å². The molecule has 0 aromatic heterocycles. The second-order valence-electron chi connectivity index (χ2n) is 6.98. The summed E-state index contributed by atoms with van der Waals surface area (Å²) in [6.07, 6.45) is 4.30. The van der Waals surface area contributed by atoms with Crippen molar-refractivity contribution in [2.45, 2.75) is 45.6 Å². The van der Waals surface area contributed by atoms with Crippen LogP contribution in [0, 0.1) is 35.0 Å². The lowest BCUT2D eigenvalue weighted by atomic mass is 9.63. The Morgan fingerprint density at radius 1 is 1.43 bits per heavy atom. The molecule has 21 heavy (non-hydrogen) atoms. The number of ketones is 1. The minimum Gasteiger partial charge on any atom is -0.298 e. The number of likely N-dealkylation sites (tertiary alicyclic amines) is 1. The molecule has 5 unspecified atom stereocenters. The highest BCUT2D eigenvalue weighted by molar-refractivity contribution is 5.93. The van der Waals surface area contributed by atoms with E-state index in [0.717, 1.165) is 38.3 Å². The van der Waals surface area contributed by atoms with E-state index in [-0.39, 0.29) is 11.8 Å². The summed E-state index contributed by atoms with van der Waals surface area (Å²) in [5, 5.41) is 8.93. The molecular weight excluding hydrogens is 262 g/mol. The molecule has 1 aliphatic carbocycles. The van der Waals surface area contributed by atoms with E-state index in [1.807, 2.05) is 0 Å². The van der Waals surface area contributed by atoms with Gasteiger partial charge in [-0.05, 0) is 43.9 Å². The van der Waals surface area contributed by atoms with Gasteiger partial charge in [0.1, 0.15) is 6.04 Å². The van der Waals surface area contributed by atoms with Gasteiger partial charge in [0, 0.05) is 24.7 Å². The third-order valence-electron chi connectivity index (χ3n) is 5.84. The number of hydrogen-bond acceptors (Lipinski definition) is 4. The van der Waals surface area contributed by atoms with Gasteiger partial charge in [-0.15, -0.1) is 0 Å². The summed E-state index contributed by atoms with van der Waals surface area (Å²) in [5.74, 6) is 2.87. The van der Waals surface area contributed by atoms with Crippen molar-refractivity contribution in [2.75, 3.05) is 19.6 Å². The molecule has 4 heteroatoms. The Hall–Kier alpha value is -1.21. The lowest BCUT2D eigenvalue weighted by Crippen LogP contribution is -2.43. The van der Waals surface area contributed by atoms with Gasteiger partial charge in [0.05, 0.1) is 12.6 Å². The van der Waals surface area contributed by atoms with Crippen LogP contribution in [0.5, 0.6) is 0 Å². The average molecular weight is 287 g/mol. The van der Waals surface area contributed by atoms with Crippen molar-refractivity contribution in [1.82, 2.24) is 4.90 Å². The van der Waals surface area contributed by atoms with Crippen LogP contribution in [0.1, 0.15) is 39.5 Å². The molecule has 0 amide bonds. The number of carbonyl (C=O) groups excluding carboxylic acids is 1. The molecule has 0 spiro atoms. The lowest BCUT2D eigenvalue weighted by Gasteiger charge is -2.43. The second-order valence-corrected chi connectivity index (χ2v) is 6.98. The third kappa shape index (κ3) is 2.64. The first-order valence-corrected chi connectivity index (χ1v) is 8.30. The van der Waals surface area contributed by atoms with Crippen LogP contribution >= 0.6 is 0 Å². The zero-order valence-corrected chi connectivity index (χ0v) is 13.1. The first-order chi connectivity index (χ1) is 10.1. The van der Waals surface area contributed by atoms with Crippen LogP contribution in [-0.2, 0) is 4.79 Å². The molecule has 2 heterocycles. The lowest BCUT2D eigenvalue weighted by molar-refractivity contribution is -0.118. The van der Waals surface area contributed by atoms with Gasteiger partial charge in [-0.2, -0.15) is 5.26 Å². The average Bonchev–Trinajstić information content (AvgIpc) is 2.86. The summed E-state index contributed by atoms with van der Waals surface area (Å²) in [4.78, 5) is 18.8. The molecule has 1 saturated carbocycles. The molecule has 0 aromatic rings. The number of fused-ring (bicyclic) bond motifs is 2. The standard InChI is InChI=1S/C17H25N3O/c1-3-13-14-4-5-16(11(2)21)19-17(14)8-12-9-20(7-6-18)10-15(12)13/h12-16H,3-5,7-10H2,1-2H3. The van der Waals surface area contributed by atoms with Gasteiger partial charge < -0.3 is 0 Å². The molecule has 0 bridgehead atoms. The van der Waals surface area contributed by atoms with E-state index in [1.165, 1.54) is 12.1 Å². The SMILES string of the molecule is CCC1C2CCC(C(C)=O)N=C2CC2CN(CC#N)CC21. The summed E-state index contributed by atoms with van der Waals surface area (Å²) in [6, 6.07) is 2.21. The largest absolute Gasteiger partial charge is 0.298 e. The Morgan fingerprint density at radius 2 is 2.24 bits per heavy atom. The van der Waals surface area contributed by atoms with E-state index >= 15 is 0 Å². The fraction of sp³-hybridized carbons (Fsp3) is 0.824. The monoisotopic (exact) mass is 287 g/mol. The van der Waals surface area contributed by atoms with E-state index in [4.69, 9.17) is 10.3 Å². The molecule has 3 aliphatic rings. The first-order valence-electron chi connectivity index (χ1n) is 8.30. The summed E-state index contributed by atoms with van der Waals surface area (Å²) in [7, 11) is 0. The van der Waals surface area contributed by atoms with Crippen molar-refractivity contribution in [3.05, 3.63) is 0 Å². The minimum absolute atomic E-state index is 0.0816. The van der Waals surface area contributed by atoms with Gasteiger partial charge in [0.15, 0.2) is 5.78 Å². The van der Waals surface area contributed by atoms with E-state index in [0.29, 0.717) is 24.3 Å². The molecule has 0 aromatic carbocycles. The topological polar surface area (TPSA) is 56.5 Å². The second kappa shape index (κ2) is 5.88. The molecule has 4 nitrogen and oxygen atoms in total. The number of nitriles is 1. The Labute approximate surface area is 127 Å². The summed E-state index contributed by atoms with van der Waals surface area (Å²) >= 11 is 0. The molecule has 2 fully saturated rings. The van der Waals surface area contributed by atoms with Gasteiger partial charge >= 0.3 is 0 Å². The Bertz CT molecular complexity index is 493. The highest BCUT2D eigenvalue weighted by Gasteiger charge is 2.47. The van der Waals surface area contributed by atoms with Crippen LogP contribution in [0.2, 0.25) is 0 Å². The van der Waals surface area contributed by atoms with Gasteiger partial charge in [-0.1, -0.05) is 13.3 Å². The number of carbonyl (C=O) groups is 1. The molecule has 5 atom stereocenters. The van der Waals surface area contributed by atoms with E-state index in [9.17, 15) is 4.79 Å². The summed E-state index contributed by atoms with van der Waals surface area (Å²) < 4.78 is 0. The smallest absolute Gasteiger partial charge is 0.154 e. The van der Waals surface area contributed by atoms with Crippen molar-refractivity contribution in [2.24, 2.45) is 28.7 Å². The molecule has 114 valence electrons. The van der Waals surface area contributed by atoms with Crippen molar-refractivity contribution < 1.29 is 4.79 Å². The van der Waals surface area contributed by atoms with E-state index < -0.39 is 0 Å². The Morgan fingerprint density at radius 3 is 2.90 bits per heavy atom. The van der Waals surface area contributed by atoms with Gasteiger partial charge in [-0.3, -0.25) is 14.7 Å². The van der Waals surface area contributed by atoms with Crippen LogP contribution in [0.25, 0.3) is 0 Å². The molecule has 3 rings (SSSR count). The first kappa shape index (κ1) is 14.7. The van der Waals surface area contributed by atoms with Crippen molar-refractivity contribution in [3.63, 3.8) is 0 Å².